The monoisotopic (exact) mass is 354 g/mol. The molecule has 6 heteroatoms. The van der Waals surface area contributed by atoms with Crippen molar-refractivity contribution in [2.45, 2.75) is 38.6 Å². The van der Waals surface area contributed by atoms with E-state index in [2.05, 4.69) is 22.9 Å². The van der Waals surface area contributed by atoms with Crippen LogP contribution in [0.25, 0.3) is 0 Å². The third-order valence-electron chi connectivity index (χ3n) is 4.26. The van der Waals surface area contributed by atoms with Crippen LogP contribution in [0.3, 0.4) is 0 Å². The summed E-state index contributed by atoms with van der Waals surface area (Å²) < 4.78 is 0.260. The predicted molar refractivity (Wildman–Crippen MR) is 84.3 cm³/mol. The minimum absolute atomic E-state index is 0.0773. The molecule has 21 heavy (non-hydrogen) atoms. The lowest BCUT2D eigenvalue weighted by Crippen LogP contribution is -2.39. The summed E-state index contributed by atoms with van der Waals surface area (Å²) in [7, 11) is 1.79. The fraction of sp³-hybridized carbons (Fsp3) is 0.533. The molecule has 0 aliphatic heterocycles. The van der Waals surface area contributed by atoms with Gasteiger partial charge < -0.3 is 4.90 Å². The van der Waals surface area contributed by atoms with E-state index < -0.39 is 4.92 Å². The van der Waals surface area contributed by atoms with Gasteiger partial charge in [0.15, 0.2) is 0 Å². The van der Waals surface area contributed by atoms with Gasteiger partial charge in [-0.2, -0.15) is 0 Å². The van der Waals surface area contributed by atoms with Crippen molar-refractivity contribution < 1.29 is 9.72 Å². The summed E-state index contributed by atoms with van der Waals surface area (Å²) in [4.78, 5) is 24.8. The Balaban J connectivity index is 2.20. The maximum Gasteiger partial charge on any atom is 0.284 e. The molecule has 1 saturated carbocycles. The van der Waals surface area contributed by atoms with Crippen molar-refractivity contribution in [3.05, 3.63) is 38.3 Å². The van der Waals surface area contributed by atoms with Crippen LogP contribution in [0.1, 0.15) is 43.0 Å². The van der Waals surface area contributed by atoms with Crippen molar-refractivity contribution in [3.63, 3.8) is 0 Å². The lowest BCUT2D eigenvalue weighted by molar-refractivity contribution is -0.385. The number of hydrogen-bond donors (Lipinski definition) is 0. The highest BCUT2D eigenvalue weighted by atomic mass is 79.9. The van der Waals surface area contributed by atoms with Crippen molar-refractivity contribution in [2.24, 2.45) is 5.92 Å². The lowest BCUT2D eigenvalue weighted by Gasteiger charge is -2.33. The average Bonchev–Trinajstić information content (AvgIpc) is 2.46. The summed E-state index contributed by atoms with van der Waals surface area (Å²) in [5.74, 6) is 0.555. The van der Waals surface area contributed by atoms with Crippen LogP contribution in [-0.2, 0) is 0 Å². The Labute approximate surface area is 132 Å². The molecule has 1 amide bonds. The van der Waals surface area contributed by atoms with E-state index in [1.165, 1.54) is 6.07 Å². The van der Waals surface area contributed by atoms with Crippen LogP contribution >= 0.6 is 15.9 Å². The Hall–Kier alpha value is -1.43. The molecule has 0 aromatic heterocycles. The van der Waals surface area contributed by atoms with Gasteiger partial charge in [-0.3, -0.25) is 14.9 Å². The van der Waals surface area contributed by atoms with Crippen LogP contribution < -0.4 is 0 Å². The molecular weight excluding hydrogens is 336 g/mol. The number of carbonyl (C=O) groups excluding carboxylic acids is 1. The van der Waals surface area contributed by atoms with Crippen LogP contribution in [0.4, 0.5) is 5.69 Å². The smallest absolute Gasteiger partial charge is 0.284 e. The van der Waals surface area contributed by atoms with Crippen LogP contribution in [-0.4, -0.2) is 28.8 Å². The lowest BCUT2D eigenvalue weighted by atomic mass is 9.86. The van der Waals surface area contributed by atoms with E-state index >= 15 is 0 Å². The zero-order valence-corrected chi connectivity index (χ0v) is 13.8. The molecule has 2 rings (SSSR count). The zero-order valence-electron chi connectivity index (χ0n) is 12.2. The average molecular weight is 355 g/mol. The fourth-order valence-corrected chi connectivity index (χ4v) is 3.39. The van der Waals surface area contributed by atoms with Crippen molar-refractivity contribution >= 4 is 27.5 Å². The number of rotatable bonds is 3. The molecule has 0 bridgehead atoms. The number of nitrogens with zero attached hydrogens (tertiary/aromatic N) is 2. The van der Waals surface area contributed by atoms with Gasteiger partial charge in [0.25, 0.3) is 11.6 Å². The first kappa shape index (κ1) is 15.9. The van der Waals surface area contributed by atoms with Gasteiger partial charge in [-0.1, -0.05) is 13.0 Å². The fourth-order valence-electron chi connectivity index (χ4n) is 2.81. The Kier molecular flexibility index (Phi) is 4.98. The van der Waals surface area contributed by atoms with Gasteiger partial charge in [0, 0.05) is 19.2 Å². The number of halogens is 1. The molecule has 0 unspecified atom stereocenters. The number of amides is 1. The SMILES string of the molecule is CC1CCC(N(C)C(=O)c2cccc([N+](=O)[O-])c2Br)CC1. The van der Waals surface area contributed by atoms with Gasteiger partial charge in [-0.15, -0.1) is 0 Å². The largest absolute Gasteiger partial charge is 0.339 e. The van der Waals surface area contributed by atoms with E-state index in [9.17, 15) is 14.9 Å². The Bertz CT molecular complexity index is 554. The third-order valence-corrected chi connectivity index (χ3v) is 5.09. The summed E-state index contributed by atoms with van der Waals surface area (Å²) in [5.41, 5.74) is 0.275. The maximum atomic E-state index is 12.6. The van der Waals surface area contributed by atoms with E-state index in [1.807, 2.05) is 0 Å². The highest BCUT2D eigenvalue weighted by Gasteiger charge is 2.28. The van der Waals surface area contributed by atoms with Crippen LogP contribution in [0.15, 0.2) is 22.7 Å². The third kappa shape index (κ3) is 3.43. The first-order valence-electron chi connectivity index (χ1n) is 7.12. The van der Waals surface area contributed by atoms with Crippen molar-refractivity contribution in [2.75, 3.05) is 7.05 Å². The quantitative estimate of drug-likeness (QED) is 0.608. The number of benzene rings is 1. The molecule has 0 radical (unpaired) electrons. The minimum atomic E-state index is -0.483. The summed E-state index contributed by atoms with van der Waals surface area (Å²) in [6.45, 7) is 2.23. The number of hydrogen-bond acceptors (Lipinski definition) is 3. The second-order valence-electron chi connectivity index (χ2n) is 5.73. The van der Waals surface area contributed by atoms with Gasteiger partial charge in [0.2, 0.25) is 0 Å². The molecule has 1 aliphatic rings. The predicted octanol–water partition coefficient (Wildman–Crippen LogP) is 4.01. The Morgan fingerprint density at radius 2 is 1.95 bits per heavy atom. The molecule has 5 nitrogen and oxygen atoms in total. The van der Waals surface area contributed by atoms with Gasteiger partial charge in [0.1, 0.15) is 4.47 Å². The zero-order chi connectivity index (χ0) is 15.6. The molecule has 114 valence electrons. The standard InChI is InChI=1S/C15H19BrN2O3/c1-10-6-8-11(9-7-10)17(2)15(19)12-4-3-5-13(14(12)16)18(20)21/h3-5,10-11H,6-9H2,1-2H3. The maximum absolute atomic E-state index is 12.6. The van der Waals surface area contributed by atoms with Crippen molar-refractivity contribution in [3.8, 4) is 0 Å². The second kappa shape index (κ2) is 6.56. The highest BCUT2D eigenvalue weighted by Crippen LogP contribution is 2.31. The van der Waals surface area contributed by atoms with E-state index in [-0.39, 0.29) is 22.1 Å². The van der Waals surface area contributed by atoms with Gasteiger partial charge in [-0.05, 0) is 53.6 Å². The molecule has 0 heterocycles. The molecule has 1 aromatic carbocycles. The second-order valence-corrected chi connectivity index (χ2v) is 6.52. The van der Waals surface area contributed by atoms with Crippen LogP contribution in [0, 0.1) is 16.0 Å². The summed E-state index contributed by atoms with van der Waals surface area (Å²) in [6, 6.07) is 4.79. The van der Waals surface area contributed by atoms with E-state index in [1.54, 1.807) is 24.1 Å². The van der Waals surface area contributed by atoms with Crippen molar-refractivity contribution in [1.82, 2.24) is 4.90 Å². The minimum Gasteiger partial charge on any atom is -0.339 e. The first-order chi connectivity index (χ1) is 9.91. The van der Waals surface area contributed by atoms with E-state index in [0.717, 1.165) is 25.7 Å². The molecular formula is C15H19BrN2O3. The van der Waals surface area contributed by atoms with Crippen molar-refractivity contribution in [1.29, 1.82) is 0 Å². The summed E-state index contributed by atoms with van der Waals surface area (Å²) >= 11 is 3.20. The molecule has 1 aliphatic carbocycles. The Morgan fingerprint density at radius 3 is 2.52 bits per heavy atom. The number of nitro benzene ring substituents is 1. The molecule has 0 atom stereocenters. The topological polar surface area (TPSA) is 63.5 Å². The number of nitro groups is 1. The Morgan fingerprint density at radius 1 is 1.33 bits per heavy atom. The van der Waals surface area contributed by atoms with Gasteiger partial charge >= 0.3 is 0 Å². The molecule has 0 N–H and O–H groups in total. The normalized spacial score (nSPS) is 21.9. The number of carbonyl (C=O) groups is 1. The summed E-state index contributed by atoms with van der Waals surface area (Å²) in [6.07, 6.45) is 4.24. The molecule has 1 aromatic rings. The molecule has 1 fully saturated rings. The van der Waals surface area contributed by atoms with Crippen LogP contribution in [0.5, 0.6) is 0 Å². The van der Waals surface area contributed by atoms with Gasteiger partial charge in [0.05, 0.1) is 10.5 Å². The highest BCUT2D eigenvalue weighted by molar-refractivity contribution is 9.10. The van der Waals surface area contributed by atoms with Crippen LogP contribution in [0.2, 0.25) is 0 Å². The van der Waals surface area contributed by atoms with Gasteiger partial charge in [-0.25, -0.2) is 0 Å². The first-order valence-corrected chi connectivity index (χ1v) is 7.91. The molecule has 0 saturated heterocycles. The van der Waals surface area contributed by atoms with E-state index in [0.29, 0.717) is 11.5 Å². The van der Waals surface area contributed by atoms with E-state index in [4.69, 9.17) is 0 Å². The summed E-state index contributed by atoms with van der Waals surface area (Å²) in [5, 5.41) is 11.0. The molecule has 0 spiro atoms.